The van der Waals surface area contributed by atoms with Crippen LogP contribution in [-0.2, 0) is 9.59 Å². The average Bonchev–Trinajstić information content (AvgIpc) is 3.03. The molecule has 1 aliphatic heterocycles. The molecule has 1 aliphatic rings. The normalized spacial score (nSPS) is 13.8. The van der Waals surface area contributed by atoms with E-state index in [1.54, 1.807) is 42.5 Å². The number of nitrogens with zero attached hydrogens (tertiary/aromatic N) is 1. The summed E-state index contributed by atoms with van der Waals surface area (Å²) in [6.07, 6.45) is 0. The minimum absolute atomic E-state index is 0.0676. The van der Waals surface area contributed by atoms with Crippen LogP contribution in [0.5, 0.6) is 5.75 Å². The van der Waals surface area contributed by atoms with Crippen LogP contribution in [0.3, 0.4) is 0 Å². The maximum atomic E-state index is 13.8. The average molecular weight is 430 g/mol. The Hall–Kier alpha value is -3.93. The van der Waals surface area contributed by atoms with Crippen molar-refractivity contribution in [2.75, 3.05) is 17.3 Å². The Labute approximate surface area is 186 Å². The second-order valence-corrected chi connectivity index (χ2v) is 7.78. The van der Waals surface area contributed by atoms with E-state index in [4.69, 9.17) is 4.74 Å². The molecule has 3 aromatic rings. The van der Waals surface area contributed by atoms with Crippen molar-refractivity contribution in [3.05, 3.63) is 95.4 Å². The summed E-state index contributed by atoms with van der Waals surface area (Å²) in [5.74, 6) is -0.666. The van der Waals surface area contributed by atoms with E-state index in [1.807, 2.05) is 12.1 Å². The van der Waals surface area contributed by atoms with Gasteiger partial charge in [0.15, 0.2) is 0 Å². The van der Waals surface area contributed by atoms with Crippen LogP contribution in [-0.4, -0.2) is 18.9 Å². The number of anilines is 2. The first kappa shape index (κ1) is 21.3. The van der Waals surface area contributed by atoms with Crippen molar-refractivity contribution in [1.29, 1.82) is 0 Å². The van der Waals surface area contributed by atoms with Crippen molar-refractivity contribution in [3.8, 4) is 5.75 Å². The Morgan fingerprint density at radius 3 is 2.28 bits per heavy atom. The summed E-state index contributed by atoms with van der Waals surface area (Å²) in [5.41, 5.74) is 2.65. The van der Waals surface area contributed by atoms with Gasteiger partial charge in [0.05, 0.1) is 18.4 Å². The van der Waals surface area contributed by atoms with Gasteiger partial charge in [-0.25, -0.2) is 9.29 Å². The van der Waals surface area contributed by atoms with Crippen LogP contribution in [0, 0.1) is 5.82 Å². The highest BCUT2D eigenvalue weighted by Crippen LogP contribution is 2.37. The van der Waals surface area contributed by atoms with Crippen molar-refractivity contribution in [2.45, 2.75) is 19.8 Å². The molecular weight excluding hydrogens is 407 g/mol. The Morgan fingerprint density at radius 2 is 1.62 bits per heavy atom. The van der Waals surface area contributed by atoms with E-state index < -0.39 is 17.6 Å². The summed E-state index contributed by atoms with van der Waals surface area (Å²) < 4.78 is 19.2. The number of nitrogens with one attached hydrogen (secondary N) is 1. The van der Waals surface area contributed by atoms with Gasteiger partial charge in [0, 0.05) is 11.3 Å². The molecule has 2 amide bonds. The Morgan fingerprint density at radius 1 is 0.906 bits per heavy atom. The molecular formula is C26H23FN2O3. The standard InChI is InChI=1S/C26H23FN2O3/c1-16(2)17-11-13-20(14-12-17)29-25(30)23(21-9-4-5-10-22(21)32-3)24(26(29)31)28-19-8-6-7-18(27)15-19/h4-16,28H,1-3H3. The molecule has 162 valence electrons. The molecule has 0 aromatic heterocycles. The smallest absolute Gasteiger partial charge is 0.282 e. The molecule has 32 heavy (non-hydrogen) atoms. The summed E-state index contributed by atoms with van der Waals surface area (Å²) >= 11 is 0. The maximum Gasteiger partial charge on any atom is 0.282 e. The third-order valence-corrected chi connectivity index (χ3v) is 5.37. The second kappa shape index (κ2) is 8.67. The van der Waals surface area contributed by atoms with Crippen LogP contribution in [0.2, 0.25) is 0 Å². The van der Waals surface area contributed by atoms with E-state index in [9.17, 15) is 14.0 Å². The molecule has 0 aliphatic carbocycles. The summed E-state index contributed by atoms with van der Waals surface area (Å²) in [6, 6.07) is 20.1. The predicted octanol–water partition coefficient (Wildman–Crippen LogP) is 5.35. The van der Waals surface area contributed by atoms with Gasteiger partial charge in [-0.15, -0.1) is 0 Å². The van der Waals surface area contributed by atoms with Gasteiger partial charge in [0.1, 0.15) is 17.3 Å². The van der Waals surface area contributed by atoms with Gasteiger partial charge in [-0.1, -0.05) is 50.2 Å². The van der Waals surface area contributed by atoms with E-state index >= 15 is 0 Å². The van der Waals surface area contributed by atoms with Crippen LogP contribution in [0.1, 0.15) is 30.9 Å². The minimum atomic E-state index is -0.516. The number of imide groups is 1. The fraction of sp³-hybridized carbons (Fsp3) is 0.154. The Kier molecular flexibility index (Phi) is 5.77. The van der Waals surface area contributed by atoms with Gasteiger partial charge in [0.25, 0.3) is 11.8 Å². The summed E-state index contributed by atoms with van der Waals surface area (Å²) in [5, 5.41) is 2.96. The number of amides is 2. The van der Waals surface area contributed by atoms with Crippen molar-refractivity contribution < 1.29 is 18.7 Å². The fourth-order valence-corrected chi connectivity index (χ4v) is 3.70. The number of para-hydroxylation sites is 1. The van der Waals surface area contributed by atoms with E-state index in [-0.39, 0.29) is 11.3 Å². The molecule has 6 heteroatoms. The largest absolute Gasteiger partial charge is 0.496 e. The highest BCUT2D eigenvalue weighted by atomic mass is 19.1. The molecule has 0 atom stereocenters. The lowest BCUT2D eigenvalue weighted by Crippen LogP contribution is -2.32. The number of hydrogen-bond acceptors (Lipinski definition) is 4. The molecule has 0 unspecified atom stereocenters. The van der Waals surface area contributed by atoms with Crippen molar-refractivity contribution in [3.63, 3.8) is 0 Å². The van der Waals surface area contributed by atoms with Gasteiger partial charge in [0.2, 0.25) is 0 Å². The van der Waals surface area contributed by atoms with E-state index in [0.29, 0.717) is 28.6 Å². The molecule has 0 saturated carbocycles. The summed E-state index contributed by atoms with van der Waals surface area (Å²) in [6.45, 7) is 4.15. The van der Waals surface area contributed by atoms with Gasteiger partial charge >= 0.3 is 0 Å². The van der Waals surface area contributed by atoms with Crippen LogP contribution in [0.4, 0.5) is 15.8 Å². The number of halogens is 1. The molecule has 0 saturated heterocycles. The van der Waals surface area contributed by atoms with Gasteiger partial charge in [-0.3, -0.25) is 9.59 Å². The monoisotopic (exact) mass is 430 g/mol. The molecule has 1 heterocycles. The molecule has 5 nitrogen and oxygen atoms in total. The maximum absolute atomic E-state index is 13.8. The first-order valence-electron chi connectivity index (χ1n) is 10.3. The topological polar surface area (TPSA) is 58.6 Å². The second-order valence-electron chi connectivity index (χ2n) is 7.78. The third kappa shape index (κ3) is 3.87. The molecule has 4 rings (SSSR count). The highest BCUT2D eigenvalue weighted by molar-refractivity contribution is 6.46. The zero-order chi connectivity index (χ0) is 22.8. The zero-order valence-corrected chi connectivity index (χ0v) is 18.1. The number of ether oxygens (including phenoxy) is 1. The van der Waals surface area contributed by atoms with Crippen LogP contribution in [0.15, 0.2) is 78.5 Å². The summed E-state index contributed by atoms with van der Waals surface area (Å²) in [7, 11) is 1.50. The highest BCUT2D eigenvalue weighted by Gasteiger charge is 2.41. The van der Waals surface area contributed by atoms with Gasteiger partial charge in [-0.2, -0.15) is 0 Å². The lowest BCUT2D eigenvalue weighted by atomic mass is 10.0. The number of rotatable bonds is 6. The molecule has 3 aromatic carbocycles. The number of carbonyl (C=O) groups excluding carboxylic acids is 2. The Bertz CT molecular complexity index is 1220. The quantitative estimate of drug-likeness (QED) is 0.536. The number of benzene rings is 3. The number of carbonyl (C=O) groups is 2. The summed E-state index contributed by atoms with van der Waals surface area (Å²) in [4.78, 5) is 28.1. The molecule has 0 radical (unpaired) electrons. The molecule has 1 N–H and O–H groups in total. The molecule has 0 fully saturated rings. The predicted molar refractivity (Wildman–Crippen MR) is 123 cm³/mol. The van der Waals surface area contributed by atoms with Crippen molar-refractivity contribution in [1.82, 2.24) is 0 Å². The van der Waals surface area contributed by atoms with Crippen molar-refractivity contribution in [2.24, 2.45) is 0 Å². The first-order chi connectivity index (χ1) is 15.4. The molecule has 0 bridgehead atoms. The first-order valence-corrected chi connectivity index (χ1v) is 10.3. The lowest BCUT2D eigenvalue weighted by Gasteiger charge is -2.17. The zero-order valence-electron chi connectivity index (χ0n) is 18.1. The van der Waals surface area contributed by atoms with Crippen LogP contribution < -0.4 is 15.0 Å². The van der Waals surface area contributed by atoms with E-state index in [0.717, 1.165) is 10.5 Å². The van der Waals surface area contributed by atoms with Crippen LogP contribution in [0.25, 0.3) is 5.57 Å². The molecule has 0 spiro atoms. The number of hydrogen-bond donors (Lipinski definition) is 1. The third-order valence-electron chi connectivity index (χ3n) is 5.37. The fourth-order valence-electron chi connectivity index (χ4n) is 3.70. The van der Waals surface area contributed by atoms with Gasteiger partial charge < -0.3 is 10.1 Å². The lowest BCUT2D eigenvalue weighted by molar-refractivity contribution is -0.120. The number of methoxy groups -OCH3 is 1. The van der Waals surface area contributed by atoms with E-state index in [1.165, 1.54) is 25.3 Å². The Balaban J connectivity index is 1.83. The van der Waals surface area contributed by atoms with Crippen molar-refractivity contribution >= 4 is 28.8 Å². The SMILES string of the molecule is COc1ccccc1C1=C(Nc2cccc(F)c2)C(=O)N(c2ccc(C(C)C)cc2)C1=O. The van der Waals surface area contributed by atoms with E-state index in [2.05, 4.69) is 19.2 Å². The minimum Gasteiger partial charge on any atom is -0.496 e. The van der Waals surface area contributed by atoms with Gasteiger partial charge in [-0.05, 0) is 47.9 Å². The van der Waals surface area contributed by atoms with Crippen LogP contribution >= 0.6 is 0 Å².